The number of rotatable bonds is 5. The van der Waals surface area contributed by atoms with Gasteiger partial charge in [-0.05, 0) is 25.5 Å². The van der Waals surface area contributed by atoms with Crippen molar-refractivity contribution in [1.82, 2.24) is 19.9 Å². The van der Waals surface area contributed by atoms with Crippen molar-refractivity contribution in [3.63, 3.8) is 0 Å². The van der Waals surface area contributed by atoms with Crippen LogP contribution in [0.25, 0.3) is 20.7 Å². The molecule has 4 rings (SSSR count). The molecular weight excluding hydrogens is 374 g/mol. The lowest BCUT2D eigenvalue weighted by Crippen LogP contribution is -2.31. The third kappa shape index (κ3) is 3.52. The van der Waals surface area contributed by atoms with Crippen LogP contribution in [0.2, 0.25) is 0 Å². The predicted octanol–water partition coefficient (Wildman–Crippen LogP) is 3.49. The molecule has 0 bridgehead atoms. The first kappa shape index (κ1) is 18.6. The summed E-state index contributed by atoms with van der Waals surface area (Å²) in [5.74, 6) is 1.67. The Kier molecular flexibility index (Phi) is 5.13. The lowest BCUT2D eigenvalue weighted by Gasteiger charge is -2.16. The van der Waals surface area contributed by atoms with E-state index in [2.05, 4.69) is 32.4 Å². The molecule has 28 heavy (non-hydrogen) atoms. The average Bonchev–Trinajstić information content (AvgIpc) is 3.35. The second-order valence-corrected chi connectivity index (χ2v) is 7.96. The van der Waals surface area contributed by atoms with Gasteiger partial charge in [0.1, 0.15) is 17.0 Å². The summed E-state index contributed by atoms with van der Waals surface area (Å²) in [7, 11) is 1.63. The Hall–Kier alpha value is -2.74. The maximum absolute atomic E-state index is 11.9. The molecule has 0 saturated carbocycles. The summed E-state index contributed by atoms with van der Waals surface area (Å²) < 4.78 is 5.25. The molecule has 0 aliphatic carbocycles. The Morgan fingerprint density at radius 1 is 1.36 bits per heavy atom. The van der Waals surface area contributed by atoms with Gasteiger partial charge in [-0.25, -0.2) is 15.0 Å². The van der Waals surface area contributed by atoms with Crippen molar-refractivity contribution in [2.24, 2.45) is 0 Å². The minimum absolute atomic E-state index is 0.206. The summed E-state index contributed by atoms with van der Waals surface area (Å²) >= 11 is 1.62. The molecule has 0 radical (unpaired) electrons. The van der Waals surface area contributed by atoms with Crippen LogP contribution in [-0.4, -0.2) is 52.0 Å². The van der Waals surface area contributed by atoms with Crippen molar-refractivity contribution in [1.29, 1.82) is 0 Å². The second-order valence-electron chi connectivity index (χ2n) is 6.93. The van der Waals surface area contributed by atoms with E-state index in [9.17, 15) is 4.79 Å². The van der Waals surface area contributed by atoms with E-state index in [0.29, 0.717) is 12.3 Å². The van der Waals surface area contributed by atoms with Gasteiger partial charge >= 0.3 is 0 Å². The lowest BCUT2D eigenvalue weighted by atomic mass is 10.1. The van der Waals surface area contributed by atoms with E-state index in [1.165, 1.54) is 0 Å². The Labute approximate surface area is 167 Å². The first-order valence-corrected chi connectivity index (χ1v) is 10.2. The van der Waals surface area contributed by atoms with Gasteiger partial charge in [-0.1, -0.05) is 6.92 Å². The summed E-state index contributed by atoms with van der Waals surface area (Å²) in [4.78, 5) is 29.1. The smallest absolute Gasteiger partial charge is 0.222 e. The maximum Gasteiger partial charge on any atom is 0.222 e. The number of carbonyl (C=O) groups is 1. The van der Waals surface area contributed by atoms with Crippen molar-refractivity contribution < 1.29 is 9.53 Å². The molecular formula is C20H23N5O2S. The molecule has 0 spiro atoms. The first-order valence-electron chi connectivity index (χ1n) is 9.39. The third-order valence-electron chi connectivity index (χ3n) is 5.02. The SMILES string of the molecule is CCC(=O)N1CC[C@H](Nc2ncnc3sc(-c4cnc(OC)c(C)c4)cc23)C1. The molecule has 1 fully saturated rings. The summed E-state index contributed by atoms with van der Waals surface area (Å²) in [6, 6.07) is 4.39. The summed E-state index contributed by atoms with van der Waals surface area (Å²) in [5.41, 5.74) is 2.03. The van der Waals surface area contributed by atoms with Gasteiger partial charge in [0.25, 0.3) is 0 Å². The minimum Gasteiger partial charge on any atom is -0.481 e. The molecule has 1 N–H and O–H groups in total. The number of nitrogens with one attached hydrogen (secondary N) is 1. The van der Waals surface area contributed by atoms with Gasteiger partial charge in [0.2, 0.25) is 11.8 Å². The number of amides is 1. The van der Waals surface area contributed by atoms with E-state index in [0.717, 1.165) is 51.5 Å². The lowest BCUT2D eigenvalue weighted by molar-refractivity contribution is -0.129. The van der Waals surface area contributed by atoms with Crippen LogP contribution in [0.1, 0.15) is 25.3 Å². The van der Waals surface area contributed by atoms with Crippen LogP contribution in [0, 0.1) is 6.92 Å². The number of thiophene rings is 1. The number of nitrogens with zero attached hydrogens (tertiary/aromatic N) is 4. The maximum atomic E-state index is 11.9. The van der Waals surface area contributed by atoms with Crippen LogP contribution in [0.15, 0.2) is 24.7 Å². The van der Waals surface area contributed by atoms with Gasteiger partial charge < -0.3 is 15.0 Å². The summed E-state index contributed by atoms with van der Waals surface area (Å²) in [6.07, 6.45) is 4.89. The number of hydrogen-bond donors (Lipinski definition) is 1. The molecule has 4 heterocycles. The van der Waals surface area contributed by atoms with Gasteiger partial charge in [0, 0.05) is 47.8 Å². The summed E-state index contributed by atoms with van der Waals surface area (Å²) in [6.45, 7) is 5.40. The fourth-order valence-corrected chi connectivity index (χ4v) is 4.53. The van der Waals surface area contributed by atoms with E-state index in [1.54, 1.807) is 24.8 Å². The van der Waals surface area contributed by atoms with Crippen LogP contribution >= 0.6 is 11.3 Å². The van der Waals surface area contributed by atoms with Crippen LogP contribution in [-0.2, 0) is 4.79 Å². The predicted molar refractivity (Wildman–Crippen MR) is 111 cm³/mol. The number of pyridine rings is 1. The number of hydrogen-bond acceptors (Lipinski definition) is 7. The first-order chi connectivity index (χ1) is 13.6. The fraction of sp³-hybridized carbons (Fsp3) is 0.400. The fourth-order valence-electron chi connectivity index (χ4n) is 3.55. The zero-order valence-electron chi connectivity index (χ0n) is 16.2. The number of anilines is 1. The Bertz CT molecular complexity index is 1020. The number of methoxy groups -OCH3 is 1. The Morgan fingerprint density at radius 3 is 2.96 bits per heavy atom. The third-order valence-corrected chi connectivity index (χ3v) is 6.11. The van der Waals surface area contributed by atoms with Crippen molar-refractivity contribution in [2.45, 2.75) is 32.7 Å². The van der Waals surface area contributed by atoms with Crippen molar-refractivity contribution in [3.05, 3.63) is 30.2 Å². The zero-order valence-corrected chi connectivity index (χ0v) is 17.0. The van der Waals surface area contributed by atoms with Crippen LogP contribution in [0.5, 0.6) is 5.88 Å². The zero-order chi connectivity index (χ0) is 19.7. The summed E-state index contributed by atoms with van der Waals surface area (Å²) in [5, 5.41) is 4.51. The second kappa shape index (κ2) is 7.71. The molecule has 8 heteroatoms. The molecule has 1 saturated heterocycles. The van der Waals surface area contributed by atoms with Crippen molar-refractivity contribution >= 4 is 33.3 Å². The highest BCUT2D eigenvalue weighted by atomic mass is 32.1. The molecule has 1 aliphatic rings. The van der Waals surface area contributed by atoms with Gasteiger partial charge in [-0.2, -0.15) is 0 Å². The normalized spacial score (nSPS) is 16.5. The van der Waals surface area contributed by atoms with E-state index >= 15 is 0 Å². The molecule has 1 atom stereocenters. The topological polar surface area (TPSA) is 80.2 Å². The quantitative estimate of drug-likeness (QED) is 0.710. The van der Waals surface area contributed by atoms with E-state index < -0.39 is 0 Å². The number of carbonyl (C=O) groups excluding carboxylic acids is 1. The van der Waals surface area contributed by atoms with E-state index in [-0.39, 0.29) is 11.9 Å². The number of aryl methyl sites for hydroxylation is 1. The van der Waals surface area contributed by atoms with E-state index in [1.807, 2.05) is 24.9 Å². The standard InChI is InChI=1S/C20H23N5O2S/c1-4-17(26)25-6-5-14(10-25)24-18-15-8-16(28-20(15)23-11-22-18)13-7-12(2)19(27-3)21-9-13/h7-9,11,14H,4-6,10H2,1-3H3,(H,22,23,24)/t14-/m0/s1. The van der Waals surface area contributed by atoms with E-state index in [4.69, 9.17) is 4.74 Å². The highest BCUT2D eigenvalue weighted by molar-refractivity contribution is 7.21. The van der Waals surface area contributed by atoms with Gasteiger partial charge in [0.05, 0.1) is 12.5 Å². The molecule has 0 aromatic carbocycles. The van der Waals surface area contributed by atoms with Gasteiger partial charge in [-0.15, -0.1) is 11.3 Å². The number of ether oxygens (including phenoxy) is 1. The molecule has 146 valence electrons. The Balaban J connectivity index is 1.59. The Morgan fingerprint density at radius 2 is 2.21 bits per heavy atom. The van der Waals surface area contributed by atoms with Gasteiger partial charge in [0.15, 0.2) is 0 Å². The molecule has 1 aliphatic heterocycles. The number of fused-ring (bicyclic) bond motifs is 1. The largest absolute Gasteiger partial charge is 0.481 e. The molecule has 1 amide bonds. The molecule has 7 nitrogen and oxygen atoms in total. The number of aromatic nitrogens is 3. The van der Waals surface area contributed by atoms with Crippen molar-refractivity contribution in [3.8, 4) is 16.3 Å². The molecule has 3 aromatic heterocycles. The minimum atomic E-state index is 0.206. The molecule has 0 unspecified atom stereocenters. The highest BCUT2D eigenvalue weighted by Gasteiger charge is 2.26. The average molecular weight is 398 g/mol. The van der Waals surface area contributed by atoms with Crippen LogP contribution in [0.3, 0.4) is 0 Å². The van der Waals surface area contributed by atoms with Crippen LogP contribution < -0.4 is 10.1 Å². The van der Waals surface area contributed by atoms with Gasteiger partial charge in [-0.3, -0.25) is 4.79 Å². The molecule has 3 aromatic rings. The monoisotopic (exact) mass is 397 g/mol. The highest BCUT2D eigenvalue weighted by Crippen LogP contribution is 2.36. The van der Waals surface area contributed by atoms with Crippen LogP contribution in [0.4, 0.5) is 5.82 Å². The van der Waals surface area contributed by atoms with Crippen molar-refractivity contribution in [2.75, 3.05) is 25.5 Å². The number of likely N-dealkylation sites (tertiary alicyclic amines) is 1.